The van der Waals surface area contributed by atoms with E-state index in [4.69, 9.17) is 0 Å². The zero-order valence-corrected chi connectivity index (χ0v) is 11.6. The van der Waals surface area contributed by atoms with Gasteiger partial charge >= 0.3 is 0 Å². The zero-order valence-electron chi connectivity index (χ0n) is 11.6. The molecule has 1 aromatic carbocycles. The van der Waals surface area contributed by atoms with Crippen LogP contribution >= 0.6 is 0 Å². The van der Waals surface area contributed by atoms with Crippen molar-refractivity contribution in [2.75, 3.05) is 6.54 Å². The quantitative estimate of drug-likeness (QED) is 0.793. The number of benzene rings is 1. The number of hydrogen-bond acceptors (Lipinski definition) is 2. The van der Waals surface area contributed by atoms with Crippen LogP contribution in [-0.4, -0.2) is 16.3 Å². The van der Waals surface area contributed by atoms with Crippen LogP contribution in [0, 0.1) is 5.92 Å². The molecule has 0 aliphatic carbocycles. The summed E-state index contributed by atoms with van der Waals surface area (Å²) in [6.45, 7) is 6.47. The number of nitrogens with one attached hydrogen (secondary N) is 1. The van der Waals surface area contributed by atoms with E-state index >= 15 is 0 Å². The monoisotopic (exact) mass is 245 g/mol. The van der Waals surface area contributed by atoms with Crippen LogP contribution in [0.1, 0.15) is 32.4 Å². The Labute approximate surface area is 109 Å². The van der Waals surface area contributed by atoms with E-state index in [1.807, 2.05) is 11.7 Å². The summed E-state index contributed by atoms with van der Waals surface area (Å²) in [7, 11) is 2.00. The van der Waals surface area contributed by atoms with Crippen molar-refractivity contribution in [2.24, 2.45) is 13.0 Å². The molecule has 98 valence electrons. The Morgan fingerprint density at radius 3 is 2.83 bits per heavy atom. The van der Waals surface area contributed by atoms with Crippen molar-refractivity contribution in [3.05, 3.63) is 30.0 Å². The molecule has 2 rings (SSSR count). The molecule has 0 fully saturated rings. The predicted molar refractivity (Wildman–Crippen MR) is 76.5 cm³/mol. The third kappa shape index (κ3) is 3.10. The molecular formula is C15H23N3. The summed E-state index contributed by atoms with van der Waals surface area (Å²) in [6.07, 6.45) is 2.53. The van der Waals surface area contributed by atoms with Crippen molar-refractivity contribution >= 4 is 10.9 Å². The van der Waals surface area contributed by atoms with Crippen molar-refractivity contribution in [3.8, 4) is 0 Å². The van der Waals surface area contributed by atoms with E-state index < -0.39 is 0 Å². The lowest BCUT2D eigenvalue weighted by Gasteiger charge is -2.05. The Bertz CT molecular complexity index is 499. The molecule has 0 bridgehead atoms. The number of hydrogen-bond donors (Lipinski definition) is 1. The molecule has 0 spiro atoms. The zero-order chi connectivity index (χ0) is 13.0. The second-order valence-corrected chi connectivity index (χ2v) is 5.30. The highest BCUT2D eigenvalue weighted by Gasteiger charge is 2.06. The second kappa shape index (κ2) is 6.01. The lowest BCUT2D eigenvalue weighted by atomic mass is 10.1. The third-order valence-corrected chi connectivity index (χ3v) is 3.26. The Hall–Kier alpha value is -1.35. The predicted octanol–water partition coefficient (Wildman–Crippen LogP) is 3.10. The third-order valence-electron chi connectivity index (χ3n) is 3.26. The van der Waals surface area contributed by atoms with Crippen LogP contribution in [0.5, 0.6) is 0 Å². The molecule has 18 heavy (non-hydrogen) atoms. The van der Waals surface area contributed by atoms with Gasteiger partial charge in [-0.3, -0.25) is 4.68 Å². The molecule has 0 atom stereocenters. The van der Waals surface area contributed by atoms with Crippen LogP contribution in [0.4, 0.5) is 0 Å². The largest absolute Gasteiger partial charge is 0.311 e. The molecular weight excluding hydrogens is 222 g/mol. The molecule has 1 N–H and O–H groups in total. The van der Waals surface area contributed by atoms with Gasteiger partial charge in [0.15, 0.2) is 0 Å². The Morgan fingerprint density at radius 1 is 1.28 bits per heavy atom. The van der Waals surface area contributed by atoms with Crippen LogP contribution in [0.25, 0.3) is 10.9 Å². The first-order chi connectivity index (χ1) is 8.68. The van der Waals surface area contributed by atoms with Gasteiger partial charge in [-0.2, -0.15) is 5.10 Å². The van der Waals surface area contributed by atoms with Crippen LogP contribution in [0.2, 0.25) is 0 Å². The van der Waals surface area contributed by atoms with E-state index in [-0.39, 0.29) is 0 Å². The number of fused-ring (bicyclic) bond motifs is 1. The summed E-state index contributed by atoms with van der Waals surface area (Å²) in [5.74, 6) is 0.794. The standard InChI is InChI=1S/C15H23N3/c1-12(2)7-6-10-16-11-14-13-8-4-5-9-15(13)18(3)17-14/h4-5,8-9,12,16H,6-7,10-11H2,1-3H3. The molecule has 0 aliphatic heterocycles. The molecule has 0 saturated heterocycles. The summed E-state index contributed by atoms with van der Waals surface area (Å²) in [5.41, 5.74) is 2.36. The highest BCUT2D eigenvalue weighted by molar-refractivity contribution is 5.81. The Morgan fingerprint density at radius 2 is 2.06 bits per heavy atom. The smallest absolute Gasteiger partial charge is 0.0841 e. The van der Waals surface area contributed by atoms with Crippen molar-refractivity contribution in [1.29, 1.82) is 0 Å². The summed E-state index contributed by atoms with van der Waals surface area (Å²) >= 11 is 0. The molecule has 3 nitrogen and oxygen atoms in total. The minimum absolute atomic E-state index is 0.794. The average molecular weight is 245 g/mol. The average Bonchev–Trinajstić information content (AvgIpc) is 2.66. The molecule has 0 saturated carbocycles. The van der Waals surface area contributed by atoms with Gasteiger partial charge in [-0.1, -0.05) is 32.0 Å². The molecule has 1 aromatic heterocycles. The number of aryl methyl sites for hydroxylation is 1. The maximum Gasteiger partial charge on any atom is 0.0841 e. The van der Waals surface area contributed by atoms with Crippen LogP contribution in [0.15, 0.2) is 24.3 Å². The van der Waals surface area contributed by atoms with E-state index in [0.29, 0.717) is 0 Å². The first kappa shape index (κ1) is 13.1. The first-order valence-corrected chi connectivity index (χ1v) is 6.80. The van der Waals surface area contributed by atoms with Gasteiger partial charge in [0.1, 0.15) is 0 Å². The molecule has 1 heterocycles. The molecule has 0 radical (unpaired) electrons. The van der Waals surface area contributed by atoms with Crippen molar-refractivity contribution in [2.45, 2.75) is 33.2 Å². The van der Waals surface area contributed by atoms with E-state index in [2.05, 4.69) is 48.5 Å². The molecule has 0 amide bonds. The van der Waals surface area contributed by atoms with Gasteiger partial charge in [0, 0.05) is 19.0 Å². The Kier molecular flexibility index (Phi) is 4.37. The number of aromatic nitrogens is 2. The topological polar surface area (TPSA) is 29.9 Å². The van der Waals surface area contributed by atoms with Gasteiger partial charge in [-0.25, -0.2) is 0 Å². The minimum atomic E-state index is 0.794. The van der Waals surface area contributed by atoms with E-state index in [1.165, 1.54) is 23.7 Å². The van der Waals surface area contributed by atoms with Crippen molar-refractivity contribution < 1.29 is 0 Å². The maximum atomic E-state index is 4.58. The van der Waals surface area contributed by atoms with E-state index in [0.717, 1.165) is 24.7 Å². The minimum Gasteiger partial charge on any atom is -0.311 e. The fourth-order valence-corrected chi connectivity index (χ4v) is 2.26. The lowest BCUT2D eigenvalue weighted by molar-refractivity contribution is 0.525. The molecule has 0 aliphatic rings. The summed E-state index contributed by atoms with van der Waals surface area (Å²) in [6, 6.07) is 8.40. The number of rotatable bonds is 6. The fourth-order valence-electron chi connectivity index (χ4n) is 2.26. The summed E-state index contributed by atoms with van der Waals surface area (Å²) in [4.78, 5) is 0. The summed E-state index contributed by atoms with van der Waals surface area (Å²) < 4.78 is 1.96. The highest BCUT2D eigenvalue weighted by Crippen LogP contribution is 2.17. The first-order valence-electron chi connectivity index (χ1n) is 6.80. The Balaban J connectivity index is 1.92. The van der Waals surface area contributed by atoms with Crippen molar-refractivity contribution in [1.82, 2.24) is 15.1 Å². The van der Waals surface area contributed by atoms with Gasteiger partial charge < -0.3 is 5.32 Å². The van der Waals surface area contributed by atoms with E-state index in [9.17, 15) is 0 Å². The SMILES string of the molecule is CC(C)CCCNCc1nn(C)c2ccccc12. The molecule has 0 unspecified atom stereocenters. The number of nitrogens with zero attached hydrogens (tertiary/aromatic N) is 2. The van der Waals surface area contributed by atoms with Gasteiger partial charge in [0.2, 0.25) is 0 Å². The van der Waals surface area contributed by atoms with Crippen LogP contribution < -0.4 is 5.32 Å². The van der Waals surface area contributed by atoms with Crippen LogP contribution in [0.3, 0.4) is 0 Å². The van der Waals surface area contributed by atoms with Gasteiger partial charge in [-0.15, -0.1) is 0 Å². The molecule has 2 aromatic rings. The highest BCUT2D eigenvalue weighted by atomic mass is 15.3. The lowest BCUT2D eigenvalue weighted by Crippen LogP contribution is -2.15. The maximum absolute atomic E-state index is 4.58. The fraction of sp³-hybridized carbons (Fsp3) is 0.533. The summed E-state index contributed by atoms with van der Waals surface area (Å²) in [5, 5.41) is 9.32. The number of para-hydroxylation sites is 1. The second-order valence-electron chi connectivity index (χ2n) is 5.30. The van der Waals surface area contributed by atoms with Gasteiger partial charge in [0.25, 0.3) is 0 Å². The normalized spacial score (nSPS) is 11.6. The van der Waals surface area contributed by atoms with E-state index in [1.54, 1.807) is 0 Å². The van der Waals surface area contributed by atoms with Gasteiger partial charge in [0.05, 0.1) is 11.2 Å². The van der Waals surface area contributed by atoms with Crippen molar-refractivity contribution in [3.63, 3.8) is 0 Å². The molecule has 3 heteroatoms. The van der Waals surface area contributed by atoms with Crippen LogP contribution in [-0.2, 0) is 13.6 Å². The van der Waals surface area contributed by atoms with Gasteiger partial charge in [-0.05, 0) is 31.4 Å².